The Morgan fingerprint density at radius 3 is 2.33 bits per heavy atom. The van der Waals surface area contributed by atoms with Crippen LogP contribution in [-0.2, 0) is 6.42 Å². The number of aryl methyl sites for hydroxylation is 2. The van der Waals surface area contributed by atoms with Crippen molar-refractivity contribution >= 4 is 15.9 Å². The molecule has 2 aromatic rings. The second kappa shape index (κ2) is 6.64. The smallest absolute Gasteiger partial charge is 0.173 e. The van der Waals surface area contributed by atoms with E-state index in [0.29, 0.717) is 12.0 Å². The average molecular weight is 355 g/mol. The fourth-order valence-corrected chi connectivity index (χ4v) is 3.09. The van der Waals surface area contributed by atoms with Gasteiger partial charge in [-0.05, 0) is 53.4 Å². The van der Waals surface area contributed by atoms with Gasteiger partial charge >= 0.3 is 0 Å². The highest BCUT2D eigenvalue weighted by Crippen LogP contribution is 2.29. The molecule has 1 atom stereocenters. The van der Waals surface area contributed by atoms with Crippen molar-refractivity contribution in [3.63, 3.8) is 0 Å². The van der Waals surface area contributed by atoms with Crippen LogP contribution in [0.15, 0.2) is 34.8 Å². The lowest BCUT2D eigenvalue weighted by Crippen LogP contribution is -2.30. The summed E-state index contributed by atoms with van der Waals surface area (Å²) in [6.07, 6.45) is 0.586. The summed E-state index contributed by atoms with van der Waals surface area (Å²) in [5, 5.41) is 0. The molecule has 0 aliphatic carbocycles. The third kappa shape index (κ3) is 3.67. The van der Waals surface area contributed by atoms with E-state index in [1.807, 2.05) is 13.8 Å². The molecule has 0 aliphatic heterocycles. The molecule has 0 amide bonds. The van der Waals surface area contributed by atoms with Gasteiger partial charge in [0.25, 0.3) is 0 Å². The molecule has 112 valence electrons. The van der Waals surface area contributed by atoms with E-state index in [1.54, 1.807) is 0 Å². The van der Waals surface area contributed by atoms with Crippen LogP contribution in [0.4, 0.5) is 8.78 Å². The van der Waals surface area contributed by atoms with Crippen LogP contribution in [0.5, 0.6) is 0 Å². The van der Waals surface area contributed by atoms with Gasteiger partial charge in [-0.1, -0.05) is 35.4 Å². The first kappa shape index (κ1) is 16.1. The highest BCUT2D eigenvalue weighted by molar-refractivity contribution is 9.10. The Labute approximate surface area is 131 Å². The maximum atomic E-state index is 13.7. The summed E-state index contributed by atoms with van der Waals surface area (Å²) >= 11 is 3.10. The van der Waals surface area contributed by atoms with Crippen LogP contribution in [0.3, 0.4) is 0 Å². The molecule has 1 unspecified atom stereocenters. The largest absolute Gasteiger partial charge is 0.271 e. The predicted molar refractivity (Wildman–Crippen MR) is 83.7 cm³/mol. The molecule has 5 heteroatoms. The van der Waals surface area contributed by atoms with Gasteiger partial charge in [0.2, 0.25) is 0 Å². The molecule has 0 radical (unpaired) electrons. The van der Waals surface area contributed by atoms with Crippen molar-refractivity contribution < 1.29 is 8.78 Å². The molecule has 0 aliphatic rings. The summed E-state index contributed by atoms with van der Waals surface area (Å²) in [5.41, 5.74) is 6.67. The summed E-state index contributed by atoms with van der Waals surface area (Å²) in [6.45, 7) is 4.05. The number of benzene rings is 2. The fourth-order valence-electron chi connectivity index (χ4n) is 2.49. The Morgan fingerprint density at radius 2 is 1.76 bits per heavy atom. The second-order valence-electron chi connectivity index (χ2n) is 5.18. The number of halogens is 3. The Kier molecular flexibility index (Phi) is 5.08. The minimum absolute atomic E-state index is 0.106. The van der Waals surface area contributed by atoms with Gasteiger partial charge in [-0.25, -0.2) is 8.78 Å². The van der Waals surface area contributed by atoms with Crippen molar-refractivity contribution in [1.82, 2.24) is 5.43 Å². The lowest BCUT2D eigenvalue weighted by molar-refractivity contribution is 0.491. The molecule has 0 aromatic heterocycles. The third-order valence-electron chi connectivity index (χ3n) is 3.36. The maximum absolute atomic E-state index is 13.7. The number of rotatable bonds is 4. The number of hydrogen-bond donors (Lipinski definition) is 2. The molecule has 0 bridgehead atoms. The molecular weight excluding hydrogens is 338 g/mol. The molecule has 0 heterocycles. The Hall–Kier alpha value is -1.30. The summed E-state index contributed by atoms with van der Waals surface area (Å²) < 4.78 is 27.0. The van der Waals surface area contributed by atoms with Gasteiger partial charge in [0.05, 0.1) is 10.5 Å². The third-order valence-corrected chi connectivity index (χ3v) is 4.17. The molecule has 0 spiro atoms. The van der Waals surface area contributed by atoms with E-state index < -0.39 is 11.6 Å². The van der Waals surface area contributed by atoms with Gasteiger partial charge in [0.15, 0.2) is 11.6 Å². The highest BCUT2D eigenvalue weighted by atomic mass is 79.9. The average Bonchev–Trinajstić information content (AvgIpc) is 2.42. The standard InChI is InChI=1S/C16H17BrF2N2/c1-9-5-10(2)7-11(6-9)8-14(21-20)12-3-4-13(18)16(19)15(12)17/h3-7,14,21H,8,20H2,1-2H3. The Bertz CT molecular complexity index is 639. The molecule has 2 rings (SSSR count). The van der Waals surface area contributed by atoms with Gasteiger partial charge in [0, 0.05) is 0 Å². The van der Waals surface area contributed by atoms with Crippen molar-refractivity contribution in [1.29, 1.82) is 0 Å². The predicted octanol–water partition coefficient (Wildman–Crippen LogP) is 4.09. The normalized spacial score (nSPS) is 12.5. The topological polar surface area (TPSA) is 38.0 Å². The van der Waals surface area contributed by atoms with Gasteiger partial charge in [-0.2, -0.15) is 0 Å². The van der Waals surface area contributed by atoms with Crippen LogP contribution in [0.2, 0.25) is 0 Å². The molecule has 0 fully saturated rings. The minimum atomic E-state index is -0.895. The number of hydrazine groups is 1. The van der Waals surface area contributed by atoms with E-state index in [1.165, 1.54) is 6.07 Å². The van der Waals surface area contributed by atoms with E-state index in [9.17, 15) is 8.78 Å². The van der Waals surface area contributed by atoms with Crippen molar-refractivity contribution in [2.45, 2.75) is 26.3 Å². The van der Waals surface area contributed by atoms with Crippen LogP contribution < -0.4 is 11.3 Å². The van der Waals surface area contributed by atoms with E-state index in [0.717, 1.165) is 22.8 Å². The summed E-state index contributed by atoms with van der Waals surface area (Å²) in [5.74, 6) is 3.82. The highest BCUT2D eigenvalue weighted by Gasteiger charge is 2.18. The van der Waals surface area contributed by atoms with Crippen LogP contribution >= 0.6 is 15.9 Å². The van der Waals surface area contributed by atoms with E-state index >= 15 is 0 Å². The van der Waals surface area contributed by atoms with Gasteiger partial charge in [-0.3, -0.25) is 11.3 Å². The van der Waals surface area contributed by atoms with Crippen molar-refractivity contribution in [3.8, 4) is 0 Å². The quantitative estimate of drug-likeness (QED) is 0.493. The zero-order valence-corrected chi connectivity index (χ0v) is 13.5. The van der Waals surface area contributed by atoms with E-state index in [4.69, 9.17) is 5.84 Å². The summed E-state index contributed by atoms with van der Waals surface area (Å²) in [4.78, 5) is 0. The van der Waals surface area contributed by atoms with Crippen LogP contribution in [-0.4, -0.2) is 0 Å². The molecule has 0 saturated carbocycles. The van der Waals surface area contributed by atoms with E-state index in [-0.39, 0.29) is 10.5 Å². The molecule has 2 aromatic carbocycles. The molecule has 2 nitrogen and oxygen atoms in total. The van der Waals surface area contributed by atoms with Crippen LogP contribution in [0, 0.1) is 25.5 Å². The van der Waals surface area contributed by atoms with Gasteiger partial charge in [0.1, 0.15) is 0 Å². The first-order chi connectivity index (χ1) is 9.92. The maximum Gasteiger partial charge on any atom is 0.173 e. The molecule has 21 heavy (non-hydrogen) atoms. The first-order valence-corrected chi connectivity index (χ1v) is 7.38. The molecular formula is C16H17BrF2N2. The summed E-state index contributed by atoms with van der Waals surface area (Å²) in [6, 6.07) is 8.55. The van der Waals surface area contributed by atoms with Crippen molar-refractivity contribution in [2.24, 2.45) is 5.84 Å². The Morgan fingerprint density at radius 1 is 1.14 bits per heavy atom. The summed E-state index contributed by atoms with van der Waals surface area (Å²) in [7, 11) is 0. The Balaban J connectivity index is 2.34. The minimum Gasteiger partial charge on any atom is -0.271 e. The molecule has 3 N–H and O–H groups in total. The van der Waals surface area contributed by atoms with Crippen molar-refractivity contribution in [2.75, 3.05) is 0 Å². The van der Waals surface area contributed by atoms with Crippen LogP contribution in [0.1, 0.15) is 28.3 Å². The second-order valence-corrected chi connectivity index (χ2v) is 5.98. The zero-order chi connectivity index (χ0) is 15.6. The van der Waals surface area contributed by atoms with Crippen LogP contribution in [0.25, 0.3) is 0 Å². The lowest BCUT2D eigenvalue weighted by atomic mass is 9.97. The van der Waals surface area contributed by atoms with E-state index in [2.05, 4.69) is 39.6 Å². The first-order valence-electron chi connectivity index (χ1n) is 6.59. The monoisotopic (exact) mass is 354 g/mol. The number of hydrogen-bond acceptors (Lipinski definition) is 2. The van der Waals surface area contributed by atoms with Crippen molar-refractivity contribution in [3.05, 3.63) is 68.7 Å². The molecule has 0 saturated heterocycles. The fraction of sp³-hybridized carbons (Fsp3) is 0.250. The number of nitrogens with two attached hydrogens (primary N) is 1. The van der Waals surface area contributed by atoms with Gasteiger partial charge < -0.3 is 0 Å². The number of nitrogens with one attached hydrogen (secondary N) is 1. The zero-order valence-electron chi connectivity index (χ0n) is 11.9. The van der Waals surface area contributed by atoms with Gasteiger partial charge in [-0.15, -0.1) is 0 Å². The lowest BCUT2D eigenvalue weighted by Gasteiger charge is -2.19. The SMILES string of the molecule is Cc1cc(C)cc(CC(NN)c2ccc(F)c(F)c2Br)c1.